The van der Waals surface area contributed by atoms with Crippen LogP contribution in [0.25, 0.3) is 0 Å². The number of rotatable bonds is 43. The Balaban J connectivity index is 4.26. The summed E-state index contributed by atoms with van der Waals surface area (Å²) in [6.45, 7) is 14.9. The van der Waals surface area contributed by atoms with E-state index >= 15 is 0 Å². The van der Waals surface area contributed by atoms with Gasteiger partial charge in [-0.05, 0) is 65.7 Å². The van der Waals surface area contributed by atoms with Gasteiger partial charge in [-0.3, -0.25) is 0 Å². The van der Waals surface area contributed by atoms with Gasteiger partial charge in [0.15, 0.2) is 0 Å². The van der Waals surface area contributed by atoms with Crippen molar-refractivity contribution in [2.45, 2.75) is 277 Å². The molecule has 0 aliphatic carbocycles. The molecular weight excluding hydrogens is 667 g/mol. The molecule has 0 radical (unpaired) electrons. The predicted molar refractivity (Wildman–Crippen MR) is 237 cm³/mol. The normalized spacial score (nSPS) is 12.2. The number of carbonyl (C=O) groups excluding carboxylic acids is 1. The van der Waals surface area contributed by atoms with Gasteiger partial charge in [0.2, 0.25) is 0 Å². The highest BCUT2D eigenvalue weighted by Crippen LogP contribution is 2.22. The molecule has 0 rings (SSSR count). The average molecular weight is 766 g/mol. The summed E-state index contributed by atoms with van der Waals surface area (Å²) < 4.78 is 17.5. The topological polar surface area (TPSA) is 56.8 Å². The van der Waals surface area contributed by atoms with E-state index in [-0.39, 0.29) is 17.3 Å². The highest BCUT2D eigenvalue weighted by Gasteiger charge is 2.22. The van der Waals surface area contributed by atoms with Gasteiger partial charge >= 0.3 is 6.09 Å². The number of ether oxygens (including phenoxy) is 3. The quantitative estimate of drug-likeness (QED) is 0.0628. The summed E-state index contributed by atoms with van der Waals surface area (Å²) in [7, 11) is 1.75. The standard InChI is InChI=1S/C49H99NO4/c1-8-10-12-14-16-18-20-22-24-26-28-30-32-34-36-39-46(40-37-35-33-31-29-27-25-23-21-19-17-15-13-11-9-2)45-53-47(51)50-43-38-41-49(5,6)54-44-42-48(3,4)52-7/h46H,8-45H2,1-7H3,(H,50,51). The molecule has 5 heteroatoms. The van der Waals surface area contributed by atoms with Crippen molar-refractivity contribution < 1.29 is 19.0 Å². The third kappa shape index (κ3) is 39.4. The maximum atomic E-state index is 12.6. The van der Waals surface area contributed by atoms with E-state index in [1.807, 2.05) is 0 Å². The van der Waals surface area contributed by atoms with Gasteiger partial charge in [-0.1, -0.05) is 206 Å². The molecule has 0 unspecified atom stereocenters. The lowest BCUT2D eigenvalue weighted by Crippen LogP contribution is -2.32. The summed E-state index contributed by atoms with van der Waals surface area (Å²) in [6, 6.07) is 0. The van der Waals surface area contributed by atoms with Crippen molar-refractivity contribution in [1.82, 2.24) is 5.32 Å². The third-order valence-electron chi connectivity index (χ3n) is 11.9. The molecule has 0 aromatic carbocycles. The zero-order valence-corrected chi connectivity index (χ0v) is 38.1. The van der Waals surface area contributed by atoms with Crippen molar-refractivity contribution in [2.75, 3.05) is 26.9 Å². The summed E-state index contributed by atoms with van der Waals surface area (Å²) >= 11 is 0. The van der Waals surface area contributed by atoms with Gasteiger partial charge < -0.3 is 19.5 Å². The molecule has 0 bridgehead atoms. The summed E-state index contributed by atoms with van der Waals surface area (Å²) in [5, 5.41) is 3.01. The first-order chi connectivity index (χ1) is 26.2. The lowest BCUT2D eigenvalue weighted by Gasteiger charge is -2.29. The number of amides is 1. The number of carbonyl (C=O) groups is 1. The van der Waals surface area contributed by atoms with E-state index in [1.165, 1.54) is 205 Å². The maximum absolute atomic E-state index is 12.6. The van der Waals surface area contributed by atoms with Gasteiger partial charge in [0.05, 0.1) is 24.4 Å². The zero-order chi connectivity index (χ0) is 39.9. The highest BCUT2D eigenvalue weighted by atomic mass is 16.5. The zero-order valence-electron chi connectivity index (χ0n) is 38.1. The van der Waals surface area contributed by atoms with Gasteiger partial charge in [0, 0.05) is 13.7 Å². The highest BCUT2D eigenvalue weighted by molar-refractivity contribution is 5.67. The summed E-state index contributed by atoms with van der Waals surface area (Å²) in [5.74, 6) is 0.489. The van der Waals surface area contributed by atoms with E-state index in [4.69, 9.17) is 14.2 Å². The molecule has 1 N–H and O–H groups in total. The van der Waals surface area contributed by atoms with Crippen LogP contribution in [-0.4, -0.2) is 44.2 Å². The van der Waals surface area contributed by atoms with E-state index in [0.717, 1.165) is 19.3 Å². The Labute approximate surface area is 339 Å². The number of unbranched alkanes of at least 4 members (excludes halogenated alkanes) is 28. The van der Waals surface area contributed by atoms with E-state index < -0.39 is 0 Å². The van der Waals surface area contributed by atoms with Crippen LogP contribution in [0, 0.1) is 5.92 Å². The van der Waals surface area contributed by atoms with E-state index in [2.05, 4.69) is 46.9 Å². The number of methoxy groups -OCH3 is 1. The molecule has 0 aliphatic heterocycles. The molecule has 0 aromatic heterocycles. The molecule has 0 spiro atoms. The smallest absolute Gasteiger partial charge is 0.407 e. The first kappa shape index (κ1) is 53.2. The number of alkyl carbamates (subject to hydrolysis) is 1. The minimum Gasteiger partial charge on any atom is -0.449 e. The van der Waals surface area contributed by atoms with Crippen LogP contribution in [0.2, 0.25) is 0 Å². The molecule has 54 heavy (non-hydrogen) atoms. The van der Waals surface area contributed by atoms with E-state index in [1.54, 1.807) is 7.11 Å². The van der Waals surface area contributed by atoms with Crippen molar-refractivity contribution in [3.8, 4) is 0 Å². The Kier molecular flexibility index (Phi) is 38.5. The van der Waals surface area contributed by atoms with E-state index in [9.17, 15) is 4.79 Å². The van der Waals surface area contributed by atoms with Crippen molar-refractivity contribution in [2.24, 2.45) is 5.92 Å². The van der Waals surface area contributed by atoms with E-state index in [0.29, 0.717) is 25.7 Å². The lowest BCUT2D eigenvalue weighted by molar-refractivity contribution is -0.0616. The summed E-state index contributed by atoms with van der Waals surface area (Å²) in [5.41, 5.74) is -0.390. The number of hydrogen-bond donors (Lipinski definition) is 1. The minimum absolute atomic E-state index is 0.169. The molecule has 0 fully saturated rings. The van der Waals surface area contributed by atoms with Crippen molar-refractivity contribution >= 4 is 6.09 Å². The average Bonchev–Trinajstić information content (AvgIpc) is 3.15. The first-order valence-corrected chi connectivity index (χ1v) is 24.3. The van der Waals surface area contributed by atoms with Crippen LogP contribution < -0.4 is 5.32 Å². The Hall–Kier alpha value is -0.810. The molecule has 5 nitrogen and oxygen atoms in total. The van der Waals surface area contributed by atoms with Crippen LogP contribution in [0.15, 0.2) is 0 Å². The van der Waals surface area contributed by atoms with Crippen molar-refractivity contribution in [3.05, 3.63) is 0 Å². The Morgan fingerprint density at radius 3 is 1.19 bits per heavy atom. The fourth-order valence-corrected chi connectivity index (χ4v) is 7.62. The van der Waals surface area contributed by atoms with Crippen LogP contribution in [0.1, 0.15) is 266 Å². The molecule has 0 saturated heterocycles. The molecule has 0 atom stereocenters. The molecule has 1 amide bonds. The number of nitrogens with one attached hydrogen (secondary N) is 1. The Bertz CT molecular complexity index is 735. The predicted octanol–water partition coefficient (Wildman–Crippen LogP) is 16.2. The molecule has 324 valence electrons. The van der Waals surface area contributed by atoms with Crippen LogP contribution in [0.3, 0.4) is 0 Å². The van der Waals surface area contributed by atoms with Gasteiger partial charge in [0.25, 0.3) is 0 Å². The molecule has 0 aromatic rings. The lowest BCUT2D eigenvalue weighted by atomic mass is 9.94. The Morgan fingerprint density at radius 2 is 0.833 bits per heavy atom. The molecule has 0 heterocycles. The maximum Gasteiger partial charge on any atom is 0.407 e. The fourth-order valence-electron chi connectivity index (χ4n) is 7.62. The van der Waals surface area contributed by atoms with Crippen molar-refractivity contribution in [1.29, 1.82) is 0 Å². The second kappa shape index (κ2) is 39.0. The third-order valence-corrected chi connectivity index (χ3v) is 11.9. The number of hydrogen-bond acceptors (Lipinski definition) is 4. The molecule has 0 saturated carbocycles. The summed E-state index contributed by atoms with van der Waals surface area (Å²) in [4.78, 5) is 12.6. The molecule has 0 aliphatic rings. The monoisotopic (exact) mass is 766 g/mol. The summed E-state index contributed by atoms with van der Waals surface area (Å²) in [6.07, 6.45) is 46.7. The van der Waals surface area contributed by atoms with Gasteiger partial charge in [0.1, 0.15) is 0 Å². The minimum atomic E-state index is -0.256. The SMILES string of the molecule is CCCCCCCCCCCCCCCCCC(CCCCCCCCCCCCCCCCC)COC(=O)NCCCC(C)(C)OCCC(C)(C)OC. The first-order valence-electron chi connectivity index (χ1n) is 24.3. The molecular formula is C49H99NO4. The van der Waals surface area contributed by atoms with Crippen LogP contribution in [-0.2, 0) is 14.2 Å². The van der Waals surface area contributed by atoms with Crippen LogP contribution >= 0.6 is 0 Å². The fraction of sp³-hybridized carbons (Fsp3) is 0.980. The van der Waals surface area contributed by atoms with Gasteiger partial charge in [-0.15, -0.1) is 0 Å². The van der Waals surface area contributed by atoms with Gasteiger partial charge in [-0.2, -0.15) is 0 Å². The largest absolute Gasteiger partial charge is 0.449 e. The second-order valence-electron chi connectivity index (χ2n) is 18.3. The van der Waals surface area contributed by atoms with Gasteiger partial charge in [-0.25, -0.2) is 4.79 Å². The van der Waals surface area contributed by atoms with Crippen LogP contribution in [0.5, 0.6) is 0 Å². The van der Waals surface area contributed by atoms with Crippen LogP contribution in [0.4, 0.5) is 4.79 Å². The van der Waals surface area contributed by atoms with Crippen molar-refractivity contribution in [3.63, 3.8) is 0 Å². The Morgan fingerprint density at radius 1 is 0.481 bits per heavy atom. The second-order valence-corrected chi connectivity index (χ2v) is 18.3.